The molecule has 0 radical (unpaired) electrons. The molecule has 2 amide bonds. The Hall–Kier alpha value is -2.47. The molecule has 2 heterocycles. The Morgan fingerprint density at radius 3 is 2.59 bits per heavy atom. The van der Waals surface area contributed by atoms with E-state index in [2.05, 4.69) is 20.6 Å². The Kier molecular flexibility index (Phi) is 3.77. The summed E-state index contributed by atoms with van der Waals surface area (Å²) in [6.45, 7) is 5.98. The van der Waals surface area contributed by atoms with Crippen LogP contribution in [0.15, 0.2) is 30.3 Å². The topological polar surface area (TPSA) is 66.9 Å². The van der Waals surface area contributed by atoms with E-state index in [1.165, 1.54) is 16.9 Å². The molecule has 2 N–H and O–H groups in total. The quantitative estimate of drug-likeness (QED) is 0.743. The van der Waals surface area contributed by atoms with E-state index in [0.717, 1.165) is 27.3 Å². The van der Waals surface area contributed by atoms with Gasteiger partial charge in [0.25, 0.3) is 0 Å². The molecule has 3 aromatic rings. The van der Waals surface area contributed by atoms with Gasteiger partial charge in [0, 0.05) is 11.4 Å². The Labute approximate surface area is 132 Å². The van der Waals surface area contributed by atoms with Crippen LogP contribution in [0.5, 0.6) is 0 Å². The number of pyridine rings is 1. The third-order valence-corrected chi connectivity index (χ3v) is 4.26. The van der Waals surface area contributed by atoms with Crippen LogP contribution in [0.25, 0.3) is 10.3 Å². The van der Waals surface area contributed by atoms with Crippen molar-refractivity contribution in [1.82, 2.24) is 9.97 Å². The monoisotopic (exact) mass is 312 g/mol. The minimum absolute atomic E-state index is 0.306. The average molecular weight is 312 g/mol. The molecular formula is C16H16N4OS. The van der Waals surface area contributed by atoms with Gasteiger partial charge in [-0.3, -0.25) is 5.32 Å². The van der Waals surface area contributed by atoms with Gasteiger partial charge < -0.3 is 5.32 Å². The second-order valence-electron chi connectivity index (χ2n) is 5.17. The van der Waals surface area contributed by atoms with Crippen molar-refractivity contribution < 1.29 is 4.79 Å². The number of aromatic nitrogens is 2. The number of aryl methyl sites for hydroxylation is 3. The van der Waals surface area contributed by atoms with E-state index in [0.29, 0.717) is 5.13 Å². The number of hydrogen-bond donors (Lipinski definition) is 2. The molecular weight excluding hydrogens is 296 g/mol. The molecule has 6 heteroatoms. The first-order chi connectivity index (χ1) is 10.5. The maximum atomic E-state index is 12.0. The van der Waals surface area contributed by atoms with Gasteiger partial charge in [-0.1, -0.05) is 17.4 Å². The number of rotatable bonds is 2. The lowest BCUT2D eigenvalue weighted by Crippen LogP contribution is -2.19. The van der Waals surface area contributed by atoms with Crippen molar-refractivity contribution in [3.63, 3.8) is 0 Å². The van der Waals surface area contributed by atoms with Gasteiger partial charge in [0.2, 0.25) is 0 Å². The molecule has 2 aromatic heterocycles. The van der Waals surface area contributed by atoms with Gasteiger partial charge >= 0.3 is 6.03 Å². The second-order valence-corrected chi connectivity index (χ2v) is 6.15. The first kappa shape index (κ1) is 14.5. The van der Waals surface area contributed by atoms with Crippen LogP contribution < -0.4 is 10.6 Å². The summed E-state index contributed by atoms with van der Waals surface area (Å²) in [6.07, 6.45) is 0. The third kappa shape index (κ3) is 3.07. The highest BCUT2D eigenvalue weighted by atomic mass is 32.1. The van der Waals surface area contributed by atoms with Gasteiger partial charge in [0.1, 0.15) is 10.3 Å². The molecule has 0 fully saturated rings. The first-order valence-corrected chi connectivity index (χ1v) is 7.72. The van der Waals surface area contributed by atoms with Crippen molar-refractivity contribution in [3.8, 4) is 0 Å². The smallest absolute Gasteiger partial charge is 0.308 e. The van der Waals surface area contributed by atoms with Crippen molar-refractivity contribution >= 4 is 38.5 Å². The minimum Gasteiger partial charge on any atom is -0.308 e. The van der Waals surface area contributed by atoms with E-state index >= 15 is 0 Å². The SMILES string of the molecule is Cc1ccc2nc(NC(=O)Nc3ccc(C)c(C)c3)sc2n1. The predicted octanol–water partition coefficient (Wildman–Crippen LogP) is 4.26. The Bertz CT molecular complexity index is 856. The number of anilines is 2. The maximum absolute atomic E-state index is 12.0. The molecule has 0 atom stereocenters. The van der Waals surface area contributed by atoms with Gasteiger partial charge in [-0.05, 0) is 56.2 Å². The molecule has 0 spiro atoms. The van der Waals surface area contributed by atoms with Crippen LogP contribution in [0.4, 0.5) is 15.6 Å². The Morgan fingerprint density at radius 1 is 1.00 bits per heavy atom. The van der Waals surface area contributed by atoms with Crippen LogP contribution in [0.2, 0.25) is 0 Å². The van der Waals surface area contributed by atoms with Crippen molar-refractivity contribution in [2.45, 2.75) is 20.8 Å². The van der Waals surface area contributed by atoms with E-state index in [9.17, 15) is 4.79 Å². The van der Waals surface area contributed by atoms with Gasteiger partial charge in [-0.25, -0.2) is 14.8 Å². The fourth-order valence-corrected chi connectivity index (χ4v) is 2.92. The highest BCUT2D eigenvalue weighted by Gasteiger charge is 2.09. The molecule has 0 unspecified atom stereocenters. The highest BCUT2D eigenvalue weighted by molar-refractivity contribution is 7.21. The average Bonchev–Trinajstić information content (AvgIpc) is 2.84. The summed E-state index contributed by atoms with van der Waals surface area (Å²) in [5, 5.41) is 6.10. The minimum atomic E-state index is -0.306. The number of thiazole rings is 1. The molecule has 3 rings (SSSR count). The van der Waals surface area contributed by atoms with E-state index in [-0.39, 0.29) is 6.03 Å². The number of benzene rings is 1. The van der Waals surface area contributed by atoms with E-state index in [1.807, 2.05) is 51.1 Å². The number of carbonyl (C=O) groups is 1. The van der Waals surface area contributed by atoms with Crippen LogP contribution >= 0.6 is 11.3 Å². The molecule has 0 aliphatic heterocycles. The summed E-state index contributed by atoms with van der Waals surface area (Å²) in [7, 11) is 0. The summed E-state index contributed by atoms with van der Waals surface area (Å²) in [5.74, 6) is 0. The zero-order valence-corrected chi connectivity index (χ0v) is 13.4. The number of hydrogen-bond acceptors (Lipinski definition) is 4. The lowest BCUT2D eigenvalue weighted by Gasteiger charge is -2.07. The lowest BCUT2D eigenvalue weighted by atomic mass is 10.1. The molecule has 5 nitrogen and oxygen atoms in total. The Balaban J connectivity index is 1.73. The van der Waals surface area contributed by atoms with Crippen molar-refractivity contribution in [3.05, 3.63) is 47.2 Å². The lowest BCUT2D eigenvalue weighted by molar-refractivity contribution is 0.262. The number of fused-ring (bicyclic) bond motifs is 1. The van der Waals surface area contributed by atoms with Crippen LogP contribution in [0.1, 0.15) is 16.8 Å². The molecule has 1 aromatic carbocycles. The standard InChI is InChI=1S/C16H16N4OS/c1-9-4-6-12(8-10(9)2)18-15(21)20-16-19-13-7-5-11(3)17-14(13)22-16/h4-8H,1-3H3,(H2,18,19,20,21). The Morgan fingerprint density at radius 2 is 1.82 bits per heavy atom. The van der Waals surface area contributed by atoms with Crippen LogP contribution in [0, 0.1) is 20.8 Å². The number of carbonyl (C=O) groups excluding carboxylic acids is 1. The normalized spacial score (nSPS) is 10.7. The fraction of sp³-hybridized carbons (Fsp3) is 0.188. The van der Waals surface area contributed by atoms with E-state index in [4.69, 9.17) is 0 Å². The summed E-state index contributed by atoms with van der Waals surface area (Å²) in [4.78, 5) is 21.6. The van der Waals surface area contributed by atoms with Crippen LogP contribution in [-0.4, -0.2) is 16.0 Å². The number of urea groups is 1. The third-order valence-electron chi connectivity index (χ3n) is 3.38. The number of nitrogens with zero attached hydrogens (tertiary/aromatic N) is 2. The molecule has 0 bridgehead atoms. The first-order valence-electron chi connectivity index (χ1n) is 6.91. The zero-order valence-electron chi connectivity index (χ0n) is 12.6. The number of amides is 2. The van der Waals surface area contributed by atoms with Crippen LogP contribution in [-0.2, 0) is 0 Å². The molecule has 0 aliphatic carbocycles. The van der Waals surface area contributed by atoms with Crippen molar-refractivity contribution in [1.29, 1.82) is 0 Å². The van der Waals surface area contributed by atoms with E-state index in [1.54, 1.807) is 0 Å². The van der Waals surface area contributed by atoms with Gasteiger partial charge in [0.05, 0.1) is 0 Å². The summed E-state index contributed by atoms with van der Waals surface area (Å²) < 4.78 is 0. The molecule has 112 valence electrons. The summed E-state index contributed by atoms with van der Waals surface area (Å²) in [6, 6.07) is 9.30. The fourth-order valence-electron chi connectivity index (χ4n) is 2.04. The van der Waals surface area contributed by atoms with Gasteiger partial charge in [-0.2, -0.15) is 0 Å². The summed E-state index contributed by atoms with van der Waals surface area (Å²) >= 11 is 1.36. The van der Waals surface area contributed by atoms with Gasteiger partial charge in [0.15, 0.2) is 5.13 Å². The van der Waals surface area contributed by atoms with Gasteiger partial charge in [-0.15, -0.1) is 0 Å². The van der Waals surface area contributed by atoms with Crippen LogP contribution in [0.3, 0.4) is 0 Å². The molecule has 22 heavy (non-hydrogen) atoms. The molecule has 0 saturated carbocycles. The number of nitrogens with one attached hydrogen (secondary N) is 2. The zero-order chi connectivity index (χ0) is 15.7. The maximum Gasteiger partial charge on any atom is 0.325 e. The van der Waals surface area contributed by atoms with E-state index < -0.39 is 0 Å². The van der Waals surface area contributed by atoms with Crippen molar-refractivity contribution in [2.75, 3.05) is 10.6 Å². The highest BCUT2D eigenvalue weighted by Crippen LogP contribution is 2.24. The van der Waals surface area contributed by atoms with Crippen molar-refractivity contribution in [2.24, 2.45) is 0 Å². The predicted molar refractivity (Wildman–Crippen MR) is 90.7 cm³/mol. The molecule has 0 aliphatic rings. The second kappa shape index (κ2) is 5.73. The molecule has 0 saturated heterocycles. The summed E-state index contributed by atoms with van der Waals surface area (Å²) in [5.41, 5.74) is 4.81. The largest absolute Gasteiger partial charge is 0.325 e.